The summed E-state index contributed by atoms with van der Waals surface area (Å²) in [5.41, 5.74) is -4.94. The largest absolute Gasteiger partial charge is 0.534 e. The maximum atomic E-state index is 12.5. The van der Waals surface area contributed by atoms with Gasteiger partial charge in [0.2, 0.25) is 0 Å². The molecule has 0 aliphatic heterocycles. The van der Waals surface area contributed by atoms with Gasteiger partial charge in [-0.3, -0.25) is 9.36 Å². The Morgan fingerprint density at radius 2 is 1.68 bits per heavy atom. The number of rotatable bonds is 7. The van der Waals surface area contributed by atoms with Crippen LogP contribution in [-0.4, -0.2) is 25.6 Å². The van der Waals surface area contributed by atoms with E-state index in [0.717, 1.165) is 18.7 Å². The molecule has 0 fully saturated rings. The lowest BCUT2D eigenvalue weighted by Crippen LogP contribution is -2.28. The lowest BCUT2D eigenvalue weighted by molar-refractivity contribution is -0.0500. The minimum absolute atomic E-state index is 0.216. The van der Waals surface area contributed by atoms with E-state index >= 15 is 0 Å². The van der Waals surface area contributed by atoms with Crippen LogP contribution < -0.4 is 19.2 Å². The van der Waals surface area contributed by atoms with Gasteiger partial charge in [0, 0.05) is 18.3 Å². The Labute approximate surface area is 175 Å². The predicted octanol–water partition coefficient (Wildman–Crippen LogP) is 3.65. The Morgan fingerprint density at radius 3 is 2.29 bits per heavy atom. The summed E-state index contributed by atoms with van der Waals surface area (Å²) in [6, 6.07) is 15.5. The van der Waals surface area contributed by atoms with Gasteiger partial charge in [0.1, 0.15) is 12.4 Å². The van der Waals surface area contributed by atoms with E-state index in [2.05, 4.69) is 4.18 Å². The maximum absolute atomic E-state index is 12.5. The zero-order valence-electron chi connectivity index (χ0n) is 16.0. The van der Waals surface area contributed by atoms with Crippen molar-refractivity contribution < 1.29 is 35.2 Å². The number of hydrogen-bond acceptors (Lipinski definition) is 6. The van der Waals surface area contributed by atoms with Gasteiger partial charge in [-0.15, -0.1) is 0 Å². The number of pyridine rings is 1. The van der Waals surface area contributed by atoms with Crippen molar-refractivity contribution in [2.45, 2.75) is 12.1 Å². The zero-order chi connectivity index (χ0) is 22.6. The van der Waals surface area contributed by atoms with E-state index in [1.165, 1.54) is 35.0 Å². The van der Waals surface area contributed by atoms with Crippen molar-refractivity contribution in [3.63, 3.8) is 0 Å². The molecule has 0 saturated carbocycles. The van der Waals surface area contributed by atoms with Crippen LogP contribution in [0, 0.1) is 0 Å². The second-order valence-corrected chi connectivity index (χ2v) is 7.70. The number of aromatic nitrogens is 1. The molecule has 0 aliphatic carbocycles. The monoisotopic (exact) mass is 455 g/mol. The highest BCUT2D eigenvalue weighted by atomic mass is 32.2. The van der Waals surface area contributed by atoms with Crippen LogP contribution in [0.2, 0.25) is 0 Å². The van der Waals surface area contributed by atoms with Gasteiger partial charge in [-0.2, -0.15) is 21.6 Å². The van der Waals surface area contributed by atoms with E-state index in [9.17, 15) is 26.4 Å². The first-order valence-corrected chi connectivity index (χ1v) is 10.1. The van der Waals surface area contributed by atoms with E-state index in [1.54, 1.807) is 0 Å². The van der Waals surface area contributed by atoms with Crippen LogP contribution >= 0.6 is 0 Å². The topological polar surface area (TPSA) is 83.8 Å². The molecule has 3 aromatic rings. The number of nitrogens with zero attached hydrogens (tertiary/aromatic N) is 1. The second-order valence-electron chi connectivity index (χ2n) is 6.16. The first kappa shape index (κ1) is 22.2. The Balaban J connectivity index is 1.83. The minimum atomic E-state index is -5.87. The third kappa shape index (κ3) is 5.18. The van der Waals surface area contributed by atoms with Gasteiger partial charge < -0.3 is 13.7 Å². The molecule has 164 valence electrons. The highest BCUT2D eigenvalue weighted by Gasteiger charge is 2.48. The van der Waals surface area contributed by atoms with Gasteiger partial charge in [-0.05, 0) is 23.8 Å². The summed E-state index contributed by atoms with van der Waals surface area (Å²) >= 11 is 0. The molecular formula is C20H16F3NO6S. The summed E-state index contributed by atoms with van der Waals surface area (Å²) < 4.78 is 75.9. The number of alkyl halides is 3. The molecule has 0 amide bonds. The zero-order valence-corrected chi connectivity index (χ0v) is 16.8. The Hall–Kier alpha value is -3.47. The van der Waals surface area contributed by atoms with Crippen LogP contribution in [0.5, 0.6) is 17.2 Å². The smallest absolute Gasteiger partial charge is 0.493 e. The number of benzene rings is 2. The molecule has 1 aromatic heterocycles. The fourth-order valence-electron chi connectivity index (χ4n) is 2.55. The molecule has 1 heterocycles. The van der Waals surface area contributed by atoms with Crippen molar-refractivity contribution in [1.82, 2.24) is 4.57 Å². The van der Waals surface area contributed by atoms with Crippen molar-refractivity contribution in [3.8, 4) is 22.9 Å². The van der Waals surface area contributed by atoms with Crippen LogP contribution in [0.1, 0.15) is 5.56 Å². The van der Waals surface area contributed by atoms with Crippen LogP contribution in [0.15, 0.2) is 71.7 Å². The van der Waals surface area contributed by atoms with Crippen LogP contribution in [0.3, 0.4) is 0 Å². The average molecular weight is 455 g/mol. The van der Waals surface area contributed by atoms with Crippen molar-refractivity contribution in [1.29, 1.82) is 0 Å². The van der Waals surface area contributed by atoms with E-state index in [4.69, 9.17) is 9.47 Å². The van der Waals surface area contributed by atoms with Crippen LogP contribution in [0.25, 0.3) is 5.69 Å². The van der Waals surface area contributed by atoms with Crippen molar-refractivity contribution >= 4 is 10.1 Å². The molecule has 3 rings (SSSR count). The molecule has 2 aromatic carbocycles. The highest BCUT2D eigenvalue weighted by molar-refractivity contribution is 7.88. The van der Waals surface area contributed by atoms with Gasteiger partial charge in [0.05, 0.1) is 12.8 Å². The normalized spacial score (nSPS) is 11.7. The van der Waals surface area contributed by atoms with Crippen LogP contribution in [0.4, 0.5) is 13.2 Å². The predicted molar refractivity (Wildman–Crippen MR) is 105 cm³/mol. The van der Waals surface area contributed by atoms with E-state index in [-0.39, 0.29) is 18.0 Å². The van der Waals surface area contributed by atoms with Gasteiger partial charge in [0.15, 0.2) is 11.5 Å². The third-order valence-corrected chi connectivity index (χ3v) is 5.01. The highest BCUT2D eigenvalue weighted by Crippen LogP contribution is 2.34. The Kier molecular flexibility index (Phi) is 6.25. The molecule has 7 nitrogen and oxygen atoms in total. The summed E-state index contributed by atoms with van der Waals surface area (Å²) in [6.07, 6.45) is 1.41. The summed E-state index contributed by atoms with van der Waals surface area (Å²) in [6.45, 7) is 0.262. The molecule has 11 heteroatoms. The van der Waals surface area contributed by atoms with Crippen LogP contribution in [-0.2, 0) is 16.7 Å². The maximum Gasteiger partial charge on any atom is 0.534 e. The van der Waals surface area contributed by atoms with Gasteiger partial charge in [-0.25, -0.2) is 0 Å². The van der Waals surface area contributed by atoms with Gasteiger partial charge >= 0.3 is 15.6 Å². The molecule has 0 spiro atoms. The summed E-state index contributed by atoms with van der Waals surface area (Å²) in [5.74, 6) is -0.644. The SMILES string of the molecule is COc1cc(-n2ccc(OCc3ccccc3)cc2=O)ccc1OS(=O)(=O)C(F)(F)F. The molecule has 0 saturated heterocycles. The van der Waals surface area contributed by atoms with Gasteiger partial charge in [0.25, 0.3) is 5.56 Å². The first-order chi connectivity index (χ1) is 14.6. The average Bonchev–Trinajstić information content (AvgIpc) is 2.72. The van der Waals surface area contributed by atoms with Gasteiger partial charge in [-0.1, -0.05) is 30.3 Å². The fraction of sp³-hybridized carbons (Fsp3) is 0.150. The molecule has 0 bridgehead atoms. The molecule has 0 atom stereocenters. The number of halogens is 3. The van der Waals surface area contributed by atoms with Crippen molar-refractivity contribution in [2.24, 2.45) is 0 Å². The Bertz CT molecular complexity index is 1220. The molecule has 0 N–H and O–H groups in total. The Morgan fingerprint density at radius 1 is 0.968 bits per heavy atom. The van der Waals surface area contributed by atoms with E-state index in [0.29, 0.717) is 5.75 Å². The third-order valence-electron chi connectivity index (χ3n) is 4.05. The summed E-state index contributed by atoms with van der Waals surface area (Å²) in [5, 5.41) is 0. The lowest BCUT2D eigenvalue weighted by Gasteiger charge is -2.14. The standard InChI is InChI=1S/C20H16F3NO6S/c1-28-18-11-15(7-8-17(18)30-31(26,27)20(21,22)23)24-10-9-16(12-19(24)25)29-13-14-5-3-2-4-6-14/h2-12H,13H2,1H3. The molecule has 0 radical (unpaired) electrons. The second kappa shape index (κ2) is 8.72. The summed E-state index contributed by atoms with van der Waals surface area (Å²) in [7, 11) is -4.75. The van der Waals surface area contributed by atoms with E-state index < -0.39 is 26.9 Å². The van der Waals surface area contributed by atoms with E-state index in [1.807, 2.05) is 30.3 Å². The molecule has 0 unspecified atom stereocenters. The molecular weight excluding hydrogens is 439 g/mol. The number of ether oxygens (including phenoxy) is 2. The minimum Gasteiger partial charge on any atom is -0.493 e. The molecule has 31 heavy (non-hydrogen) atoms. The quantitative estimate of drug-likeness (QED) is 0.400. The van der Waals surface area contributed by atoms with Crippen molar-refractivity contribution in [2.75, 3.05) is 7.11 Å². The first-order valence-electron chi connectivity index (χ1n) is 8.69. The van der Waals surface area contributed by atoms with Crippen molar-refractivity contribution in [3.05, 3.63) is 82.8 Å². The fourth-order valence-corrected chi connectivity index (χ4v) is 3.01. The number of methoxy groups -OCH3 is 1. The number of hydrogen-bond donors (Lipinski definition) is 0. The summed E-state index contributed by atoms with van der Waals surface area (Å²) in [4.78, 5) is 12.5. The lowest BCUT2D eigenvalue weighted by atomic mass is 10.2. The molecule has 0 aliphatic rings.